The average molecular weight is 320 g/mol. The van der Waals surface area contributed by atoms with Gasteiger partial charge in [0.15, 0.2) is 11.8 Å². The molecule has 7 rings (SSSR count). The van der Waals surface area contributed by atoms with Gasteiger partial charge in [-0.3, -0.25) is 4.99 Å². The van der Waals surface area contributed by atoms with Gasteiger partial charge >= 0.3 is 0 Å². The maximum absolute atomic E-state index is 10.9. The van der Waals surface area contributed by atoms with Crippen molar-refractivity contribution >= 4 is 34.9 Å². The number of nitrogens with zero attached hydrogens (tertiary/aromatic N) is 2. The summed E-state index contributed by atoms with van der Waals surface area (Å²) in [6.45, 7) is 1.04. The Balaban J connectivity index is 1.83. The summed E-state index contributed by atoms with van der Waals surface area (Å²) in [5, 5.41) is 17.2. The molecular formula is C18H14N3OS+. The highest BCUT2D eigenvalue weighted by Crippen LogP contribution is 2.62. The lowest BCUT2D eigenvalue weighted by Crippen LogP contribution is -2.60. The van der Waals surface area contributed by atoms with E-state index in [-0.39, 0.29) is 10.1 Å². The molecule has 0 saturated carbocycles. The van der Waals surface area contributed by atoms with E-state index in [1.54, 1.807) is 0 Å². The summed E-state index contributed by atoms with van der Waals surface area (Å²) in [6, 6.07) is 0.465. The number of hydrogen-bond acceptors (Lipinski definition) is 4. The molecular weight excluding hydrogens is 306 g/mol. The average Bonchev–Trinajstić information content (AvgIpc) is 3.10. The molecule has 3 atom stereocenters. The first-order chi connectivity index (χ1) is 11.3. The first-order valence-corrected chi connectivity index (χ1v) is 9.09. The third-order valence-electron chi connectivity index (χ3n) is 6.21. The molecule has 4 nitrogen and oxygen atoms in total. The van der Waals surface area contributed by atoms with Crippen LogP contribution >= 0.6 is 11.8 Å². The third-order valence-corrected chi connectivity index (χ3v) is 7.73. The van der Waals surface area contributed by atoms with Crippen molar-refractivity contribution in [1.82, 2.24) is 4.58 Å². The lowest BCUT2D eigenvalue weighted by atomic mass is 9.76. The predicted octanol–water partition coefficient (Wildman–Crippen LogP) is 1.12. The second-order valence-electron chi connectivity index (χ2n) is 7.16. The van der Waals surface area contributed by atoms with E-state index in [0.29, 0.717) is 11.8 Å². The van der Waals surface area contributed by atoms with Crippen LogP contribution in [-0.4, -0.2) is 29.3 Å². The molecule has 3 bridgehead atoms. The topological polar surface area (TPSA) is 47.6 Å². The van der Waals surface area contributed by atoms with E-state index in [4.69, 9.17) is 0 Å². The van der Waals surface area contributed by atoms with E-state index >= 15 is 0 Å². The normalized spacial score (nSPS) is 35.6. The smallest absolute Gasteiger partial charge is 0.217 e. The molecule has 0 fully saturated rings. The third kappa shape index (κ3) is 1.04. The highest BCUT2D eigenvalue weighted by atomic mass is 32.2. The number of anilines is 1. The highest BCUT2D eigenvalue weighted by Gasteiger charge is 2.58. The highest BCUT2D eigenvalue weighted by molar-refractivity contribution is 8.01. The fourth-order valence-electron chi connectivity index (χ4n) is 5.33. The van der Waals surface area contributed by atoms with Gasteiger partial charge in [0.25, 0.3) is 0 Å². The minimum absolute atomic E-state index is 0.0219. The molecule has 1 aromatic carbocycles. The summed E-state index contributed by atoms with van der Waals surface area (Å²) in [5.74, 6) is 0.346. The van der Waals surface area contributed by atoms with Gasteiger partial charge < -0.3 is 10.4 Å². The van der Waals surface area contributed by atoms with Crippen molar-refractivity contribution in [3.63, 3.8) is 0 Å². The number of benzene rings is 1. The summed E-state index contributed by atoms with van der Waals surface area (Å²) in [5.41, 5.74) is 5.71. The molecule has 2 N–H and O–H groups in total. The molecule has 0 aromatic heterocycles. The van der Waals surface area contributed by atoms with E-state index in [1.165, 1.54) is 27.3 Å². The zero-order chi connectivity index (χ0) is 14.9. The Bertz CT molecular complexity index is 1080. The van der Waals surface area contributed by atoms with Crippen LogP contribution in [0.3, 0.4) is 0 Å². The first kappa shape index (κ1) is 11.5. The Morgan fingerprint density at radius 3 is 3.35 bits per heavy atom. The van der Waals surface area contributed by atoms with Crippen LogP contribution in [0.5, 0.6) is 5.75 Å². The van der Waals surface area contributed by atoms with Gasteiger partial charge in [-0.1, -0.05) is 6.08 Å². The number of phenolic OH excluding ortho intramolecular Hbond substituents is 1. The van der Waals surface area contributed by atoms with E-state index < -0.39 is 0 Å². The fourth-order valence-corrected chi connectivity index (χ4v) is 7.01. The van der Waals surface area contributed by atoms with Crippen molar-refractivity contribution in [2.75, 3.05) is 11.9 Å². The Labute approximate surface area is 136 Å². The summed E-state index contributed by atoms with van der Waals surface area (Å²) in [6.07, 6.45) is 11.1. The SMILES string of the molecule is Oc1c2c3c4c5c1N=CC=5CC[N+]=4[C@H]1C=CC4=C[C@@H](N2)S[C@]43C1. The number of hydrogen-bond donors (Lipinski definition) is 2. The van der Waals surface area contributed by atoms with E-state index in [0.717, 1.165) is 30.8 Å². The molecule has 1 aromatic rings. The quantitative estimate of drug-likeness (QED) is 0.556. The number of fused-ring (bicyclic) bond motifs is 3. The van der Waals surface area contributed by atoms with Gasteiger partial charge in [0, 0.05) is 19.1 Å². The summed E-state index contributed by atoms with van der Waals surface area (Å²) >= 11 is 2.01. The van der Waals surface area contributed by atoms with Gasteiger partial charge in [-0.25, -0.2) is 4.58 Å². The monoisotopic (exact) mass is 320 g/mol. The van der Waals surface area contributed by atoms with Crippen LogP contribution in [0.25, 0.3) is 5.57 Å². The summed E-state index contributed by atoms with van der Waals surface area (Å²) in [7, 11) is 0. The lowest BCUT2D eigenvalue weighted by Gasteiger charge is -2.43. The van der Waals surface area contributed by atoms with Crippen LogP contribution < -0.4 is 20.5 Å². The van der Waals surface area contributed by atoms with Gasteiger partial charge in [0.05, 0.1) is 26.6 Å². The minimum atomic E-state index is 0.0219. The molecule has 23 heavy (non-hydrogen) atoms. The van der Waals surface area contributed by atoms with Crippen LogP contribution in [0.2, 0.25) is 0 Å². The standard InChI is InChI=1S/C18H13N3OS/c22-17-14-12-8(7-19-14)3-4-21-10-2-1-9-5-11-20-15(17)13(16(12)21)18(9,6-10)23-11/h1-2,5,7,10-11H,3-4,6H2,(H,19,20,22)/p+1/t10-,11-,18+/m0/s1. The number of phenols is 1. The van der Waals surface area contributed by atoms with Crippen LogP contribution in [0, 0.1) is 0 Å². The van der Waals surface area contributed by atoms with Gasteiger partial charge in [0.1, 0.15) is 12.2 Å². The van der Waals surface area contributed by atoms with E-state index in [9.17, 15) is 5.11 Å². The van der Waals surface area contributed by atoms with E-state index in [1.807, 2.05) is 18.0 Å². The largest absolute Gasteiger partial charge is 0.504 e. The van der Waals surface area contributed by atoms with Crippen molar-refractivity contribution in [2.45, 2.75) is 29.0 Å². The fraction of sp³-hybridized carbons (Fsp3) is 0.333. The molecule has 0 radical (unpaired) electrons. The van der Waals surface area contributed by atoms with Gasteiger partial charge in [-0.2, -0.15) is 0 Å². The van der Waals surface area contributed by atoms with Crippen LogP contribution in [0.1, 0.15) is 18.4 Å². The summed E-state index contributed by atoms with van der Waals surface area (Å²) < 4.78 is 2.57. The number of rotatable bonds is 0. The number of allylic oxidation sites excluding steroid dienone is 1. The Morgan fingerprint density at radius 1 is 1.43 bits per heavy atom. The van der Waals surface area contributed by atoms with Crippen molar-refractivity contribution in [2.24, 2.45) is 4.99 Å². The number of aliphatic imine (C=N–C) groups is 1. The minimum Gasteiger partial charge on any atom is -0.504 e. The summed E-state index contributed by atoms with van der Waals surface area (Å²) in [4.78, 5) is 4.55. The van der Waals surface area contributed by atoms with Crippen molar-refractivity contribution in [3.8, 4) is 5.75 Å². The van der Waals surface area contributed by atoms with Crippen LogP contribution in [0.15, 0.2) is 28.8 Å². The number of thioether (sulfide) groups is 1. The first-order valence-electron chi connectivity index (χ1n) is 8.21. The maximum atomic E-state index is 10.9. The molecule has 5 heteroatoms. The molecule has 1 spiro atoms. The molecule has 0 saturated heterocycles. The maximum Gasteiger partial charge on any atom is 0.217 e. The molecule has 5 aliphatic heterocycles. The van der Waals surface area contributed by atoms with Crippen LogP contribution in [-0.2, 0) is 4.75 Å². The zero-order valence-corrected chi connectivity index (χ0v) is 13.2. The Morgan fingerprint density at radius 2 is 2.39 bits per heavy atom. The van der Waals surface area contributed by atoms with Gasteiger partial charge in [0.2, 0.25) is 5.36 Å². The molecule has 0 unspecified atom stereocenters. The predicted molar refractivity (Wildman–Crippen MR) is 91.9 cm³/mol. The zero-order valence-electron chi connectivity index (χ0n) is 12.3. The Hall–Kier alpha value is -2.01. The molecule has 6 aliphatic rings. The van der Waals surface area contributed by atoms with Crippen LogP contribution in [0.4, 0.5) is 11.4 Å². The number of aromatic hydroxyl groups is 1. The second kappa shape index (κ2) is 3.26. The molecule has 0 amide bonds. The Kier molecular flexibility index (Phi) is 1.63. The van der Waals surface area contributed by atoms with Gasteiger partial charge in [-0.05, 0) is 23.3 Å². The van der Waals surface area contributed by atoms with Crippen molar-refractivity contribution in [1.29, 1.82) is 0 Å². The molecule has 1 aliphatic carbocycles. The lowest BCUT2D eigenvalue weighted by molar-refractivity contribution is 0.395. The number of nitrogens with one attached hydrogen (secondary N) is 1. The van der Waals surface area contributed by atoms with Gasteiger partial charge in [-0.15, -0.1) is 11.8 Å². The van der Waals surface area contributed by atoms with E-state index in [2.05, 4.69) is 33.1 Å². The van der Waals surface area contributed by atoms with Crippen molar-refractivity contribution < 1.29 is 5.11 Å². The second-order valence-corrected chi connectivity index (χ2v) is 8.60. The van der Waals surface area contributed by atoms with Crippen molar-refractivity contribution in [3.05, 3.63) is 39.9 Å². The molecule has 5 heterocycles. The molecule has 112 valence electrons.